The highest BCUT2D eigenvalue weighted by molar-refractivity contribution is 8.00. The maximum absolute atomic E-state index is 12.0. The van der Waals surface area contributed by atoms with E-state index in [1.165, 1.54) is 0 Å². The van der Waals surface area contributed by atoms with Crippen molar-refractivity contribution in [2.24, 2.45) is 0 Å². The minimum Gasteiger partial charge on any atom is -0.481 e. The van der Waals surface area contributed by atoms with Gasteiger partial charge >= 0.3 is 12.0 Å². The van der Waals surface area contributed by atoms with E-state index in [1.807, 2.05) is 23.7 Å². The Kier molecular flexibility index (Phi) is 14.3. The number of hydrogen-bond acceptors (Lipinski definition) is 8. The first-order valence-electron chi connectivity index (χ1n) is 11.9. The van der Waals surface area contributed by atoms with Crippen LogP contribution in [0.3, 0.4) is 0 Å². The highest BCUT2D eigenvalue weighted by atomic mass is 32.2. The van der Waals surface area contributed by atoms with E-state index in [1.54, 1.807) is 0 Å². The van der Waals surface area contributed by atoms with Crippen LogP contribution in [0.15, 0.2) is 0 Å². The second kappa shape index (κ2) is 16.9. The molecule has 2 aliphatic rings. The van der Waals surface area contributed by atoms with Gasteiger partial charge in [-0.25, -0.2) is 4.79 Å². The Morgan fingerprint density at radius 3 is 2.26 bits per heavy atom. The van der Waals surface area contributed by atoms with Crippen LogP contribution in [-0.4, -0.2) is 117 Å². The van der Waals surface area contributed by atoms with Crippen molar-refractivity contribution in [3.05, 3.63) is 0 Å². The monoisotopic (exact) mass is 505 g/mol. The van der Waals surface area contributed by atoms with Crippen LogP contribution in [-0.2, 0) is 28.5 Å². The second-order valence-electron chi connectivity index (χ2n) is 8.22. The number of carboxylic acids is 1. The van der Waals surface area contributed by atoms with Crippen molar-refractivity contribution in [3.63, 3.8) is 0 Å². The minimum absolute atomic E-state index is 0.00555. The molecule has 3 atom stereocenters. The Morgan fingerprint density at radius 1 is 1.00 bits per heavy atom. The van der Waals surface area contributed by atoms with Gasteiger partial charge in [0.1, 0.15) is 0 Å². The van der Waals surface area contributed by atoms with E-state index >= 15 is 0 Å². The number of aliphatic carboxylic acids is 1. The summed E-state index contributed by atoms with van der Waals surface area (Å²) in [5.74, 6) is 0.130. The summed E-state index contributed by atoms with van der Waals surface area (Å²) in [6, 6.07) is 0.561. The Morgan fingerprint density at radius 2 is 1.62 bits per heavy atom. The molecule has 0 aromatic carbocycles. The highest BCUT2D eigenvalue weighted by Crippen LogP contribution is 2.36. The van der Waals surface area contributed by atoms with Gasteiger partial charge in [0, 0.05) is 31.0 Å². The molecule has 0 aromatic heterocycles. The van der Waals surface area contributed by atoms with Gasteiger partial charge in [0.05, 0.1) is 71.4 Å². The van der Waals surface area contributed by atoms with Crippen LogP contribution in [0.1, 0.15) is 32.1 Å². The summed E-state index contributed by atoms with van der Waals surface area (Å²) in [6.07, 6.45) is 3.34. The molecular formula is C22H39N3O8S. The van der Waals surface area contributed by atoms with E-state index < -0.39 is 5.97 Å². The van der Waals surface area contributed by atoms with Gasteiger partial charge in [-0.3, -0.25) is 9.59 Å². The molecule has 2 saturated heterocycles. The molecule has 12 heteroatoms. The maximum Gasteiger partial charge on any atom is 0.317 e. The predicted octanol–water partition coefficient (Wildman–Crippen LogP) is 0.712. The smallest absolute Gasteiger partial charge is 0.317 e. The molecule has 2 heterocycles. The second-order valence-corrected chi connectivity index (χ2v) is 9.49. The van der Waals surface area contributed by atoms with Gasteiger partial charge in [0.15, 0.2) is 0 Å². The first-order chi connectivity index (χ1) is 16.5. The first-order valence-corrected chi connectivity index (χ1v) is 13.0. The van der Waals surface area contributed by atoms with Gasteiger partial charge in [-0.2, -0.15) is 11.8 Å². The van der Waals surface area contributed by atoms with Crippen molar-refractivity contribution < 1.29 is 38.4 Å². The van der Waals surface area contributed by atoms with E-state index in [9.17, 15) is 14.4 Å². The zero-order chi connectivity index (χ0) is 24.6. The molecule has 196 valence electrons. The standard InChI is InChI=1S/C22H39N3O8S/c1-25-21-17(24-22(25)29)16-34-18(21)4-2-3-5-19(26)23-7-9-31-11-13-33-15-14-32-12-10-30-8-6-20(27)28/h17-18,21H,2-16H2,1H3,(H,23,26)(H,24,29)(H,27,28)/t17-,18-,21-/m0/s1. The van der Waals surface area contributed by atoms with E-state index in [4.69, 9.17) is 24.1 Å². The number of hydrogen-bond donors (Lipinski definition) is 3. The van der Waals surface area contributed by atoms with Gasteiger partial charge in [-0.05, 0) is 12.8 Å². The molecule has 0 radical (unpaired) electrons. The van der Waals surface area contributed by atoms with Gasteiger partial charge in [0.2, 0.25) is 5.91 Å². The molecule has 34 heavy (non-hydrogen) atoms. The number of carbonyl (C=O) groups excluding carboxylic acids is 2. The lowest BCUT2D eigenvalue weighted by Crippen LogP contribution is -2.38. The zero-order valence-electron chi connectivity index (χ0n) is 20.0. The third-order valence-corrected chi connectivity index (χ3v) is 7.14. The molecule has 0 saturated carbocycles. The third kappa shape index (κ3) is 11.2. The quantitative estimate of drug-likeness (QED) is 0.161. The molecule has 2 aliphatic heterocycles. The Bertz CT molecular complexity index is 627. The lowest BCUT2D eigenvalue weighted by Gasteiger charge is -2.23. The summed E-state index contributed by atoms with van der Waals surface area (Å²) in [4.78, 5) is 35.8. The van der Waals surface area contributed by atoms with Crippen molar-refractivity contribution in [1.82, 2.24) is 15.5 Å². The molecule has 2 rings (SSSR count). The van der Waals surface area contributed by atoms with Crippen LogP contribution in [0.4, 0.5) is 4.79 Å². The molecule has 3 N–H and O–H groups in total. The summed E-state index contributed by atoms with van der Waals surface area (Å²) in [5, 5.41) is 14.8. The lowest BCUT2D eigenvalue weighted by molar-refractivity contribution is -0.138. The highest BCUT2D eigenvalue weighted by Gasteiger charge is 2.46. The molecule has 11 nitrogen and oxygen atoms in total. The molecule has 0 unspecified atom stereocenters. The summed E-state index contributed by atoms with van der Waals surface area (Å²) < 4.78 is 21.2. The van der Waals surface area contributed by atoms with Crippen molar-refractivity contribution in [3.8, 4) is 0 Å². The van der Waals surface area contributed by atoms with Crippen molar-refractivity contribution in [2.45, 2.75) is 49.4 Å². The molecule has 0 bridgehead atoms. The van der Waals surface area contributed by atoms with Gasteiger partial charge in [-0.1, -0.05) is 6.42 Å². The third-order valence-electron chi connectivity index (χ3n) is 5.65. The Hall–Kier alpha value is -1.60. The van der Waals surface area contributed by atoms with E-state index in [0.717, 1.165) is 25.0 Å². The molecular weight excluding hydrogens is 466 g/mol. The Balaban J connectivity index is 1.30. The van der Waals surface area contributed by atoms with Gasteiger partial charge in [-0.15, -0.1) is 0 Å². The number of nitrogens with one attached hydrogen (secondary N) is 2. The lowest BCUT2D eigenvalue weighted by atomic mass is 10.0. The van der Waals surface area contributed by atoms with E-state index in [0.29, 0.717) is 64.5 Å². The number of ether oxygens (including phenoxy) is 4. The maximum atomic E-state index is 12.0. The molecule has 2 fully saturated rings. The molecule has 3 amide bonds. The van der Waals surface area contributed by atoms with E-state index in [2.05, 4.69) is 10.6 Å². The van der Waals surface area contributed by atoms with Crippen molar-refractivity contribution in [1.29, 1.82) is 0 Å². The van der Waals surface area contributed by atoms with Crippen LogP contribution < -0.4 is 10.6 Å². The number of urea groups is 1. The first kappa shape index (κ1) is 28.6. The van der Waals surface area contributed by atoms with Crippen molar-refractivity contribution >= 4 is 29.7 Å². The zero-order valence-corrected chi connectivity index (χ0v) is 20.8. The largest absolute Gasteiger partial charge is 0.481 e. The predicted molar refractivity (Wildman–Crippen MR) is 127 cm³/mol. The number of nitrogens with zero attached hydrogens (tertiary/aromatic N) is 1. The fourth-order valence-corrected chi connectivity index (χ4v) is 5.52. The average Bonchev–Trinajstić information content (AvgIpc) is 3.33. The number of likely N-dealkylation sites (N-methyl/N-ethyl adjacent to an activating group) is 1. The number of carbonyl (C=O) groups is 3. The molecule has 0 spiro atoms. The van der Waals surface area contributed by atoms with Crippen LogP contribution >= 0.6 is 11.8 Å². The van der Waals surface area contributed by atoms with Crippen LogP contribution in [0, 0.1) is 0 Å². The molecule has 0 aliphatic carbocycles. The number of unbranched alkanes of at least 4 members (excludes halogenated alkanes) is 1. The topological polar surface area (TPSA) is 136 Å². The number of carboxylic acid groups (broad SMARTS) is 1. The number of fused-ring (bicyclic) bond motifs is 1. The molecule has 0 aromatic rings. The normalized spacial score (nSPS) is 21.5. The summed E-state index contributed by atoms with van der Waals surface area (Å²) in [5.41, 5.74) is 0. The van der Waals surface area contributed by atoms with Gasteiger partial charge in [0.25, 0.3) is 0 Å². The van der Waals surface area contributed by atoms with E-state index in [-0.39, 0.29) is 37.0 Å². The van der Waals surface area contributed by atoms with Crippen molar-refractivity contribution in [2.75, 3.05) is 72.2 Å². The van der Waals surface area contributed by atoms with Gasteiger partial charge < -0.3 is 39.6 Å². The van der Waals surface area contributed by atoms with Crippen LogP contribution in [0.25, 0.3) is 0 Å². The number of rotatable bonds is 20. The number of amides is 3. The average molecular weight is 506 g/mol. The Labute approximate surface area is 205 Å². The fourth-order valence-electron chi connectivity index (χ4n) is 3.88. The summed E-state index contributed by atoms with van der Waals surface area (Å²) >= 11 is 1.92. The SMILES string of the molecule is CN1C(=O)N[C@H]2CS[C@@H](CCCCC(=O)NCCOCCOCCOCCOCCC(=O)O)[C@H]21. The summed E-state index contributed by atoms with van der Waals surface area (Å²) in [6.45, 7) is 3.64. The van der Waals surface area contributed by atoms with Crippen LogP contribution in [0.5, 0.6) is 0 Å². The number of thioether (sulfide) groups is 1. The minimum atomic E-state index is -0.877. The van der Waals surface area contributed by atoms with Crippen LogP contribution in [0.2, 0.25) is 0 Å². The summed E-state index contributed by atoms with van der Waals surface area (Å²) in [7, 11) is 1.86. The fraction of sp³-hybridized carbons (Fsp3) is 0.864.